The minimum atomic E-state index is -4.40. The van der Waals surface area contributed by atoms with Gasteiger partial charge in [0.15, 0.2) is 11.7 Å². The van der Waals surface area contributed by atoms with E-state index in [1.165, 1.54) is 0 Å². The number of halogens is 4. The number of nitrogens with zero attached hydrogens (tertiary/aromatic N) is 2. The summed E-state index contributed by atoms with van der Waals surface area (Å²) in [4.78, 5) is 8.02. The maximum atomic E-state index is 12.6. The van der Waals surface area contributed by atoms with Crippen LogP contribution in [-0.4, -0.2) is 30.6 Å². The number of furan rings is 1. The van der Waals surface area contributed by atoms with Crippen LogP contribution in [0.5, 0.6) is 0 Å². The topological polar surface area (TPSA) is 62.5 Å². The summed E-state index contributed by atoms with van der Waals surface area (Å²) < 4.78 is 43.5. The lowest BCUT2D eigenvalue weighted by Gasteiger charge is -2.10. The molecule has 1 aromatic carbocycles. The largest absolute Gasteiger partial charge is 0.461 e. The van der Waals surface area contributed by atoms with E-state index in [0.717, 1.165) is 33.4 Å². The van der Waals surface area contributed by atoms with Crippen molar-refractivity contribution in [2.24, 2.45) is 4.99 Å². The zero-order valence-electron chi connectivity index (χ0n) is 15.8. The van der Waals surface area contributed by atoms with Crippen LogP contribution in [0.25, 0.3) is 11.0 Å². The van der Waals surface area contributed by atoms with Gasteiger partial charge in [-0.25, -0.2) is 4.98 Å². The Hall–Kier alpha value is -1.82. The van der Waals surface area contributed by atoms with Gasteiger partial charge in [0.05, 0.1) is 5.01 Å². The summed E-state index contributed by atoms with van der Waals surface area (Å²) in [7, 11) is 0. The molecule has 3 rings (SSSR count). The molecule has 0 aliphatic carbocycles. The van der Waals surface area contributed by atoms with Crippen LogP contribution in [0, 0.1) is 0 Å². The van der Waals surface area contributed by atoms with Gasteiger partial charge in [0.25, 0.3) is 0 Å². The Labute approximate surface area is 187 Å². The fourth-order valence-corrected chi connectivity index (χ4v) is 3.42. The highest BCUT2D eigenvalue weighted by Crippen LogP contribution is 2.30. The number of alkyl halides is 3. The zero-order valence-corrected chi connectivity index (χ0v) is 18.9. The lowest BCUT2D eigenvalue weighted by Crippen LogP contribution is -2.38. The zero-order chi connectivity index (χ0) is 20.0. The Morgan fingerprint density at radius 1 is 1.21 bits per heavy atom. The predicted octanol–water partition coefficient (Wildman–Crippen LogP) is 4.87. The van der Waals surface area contributed by atoms with Gasteiger partial charge >= 0.3 is 6.18 Å². The normalized spacial score (nSPS) is 12.1. The number of guanidine groups is 1. The Bertz CT molecular complexity index is 906. The first-order valence-corrected chi connectivity index (χ1v) is 9.85. The molecule has 0 atom stereocenters. The van der Waals surface area contributed by atoms with Gasteiger partial charge in [-0.3, -0.25) is 4.99 Å². The van der Waals surface area contributed by atoms with Crippen molar-refractivity contribution in [1.82, 2.24) is 15.6 Å². The molecule has 0 aliphatic rings. The molecule has 0 saturated heterocycles. The number of hydrogen-bond acceptors (Lipinski definition) is 4. The number of aliphatic imine (C=N–C) groups is 1. The molecule has 0 radical (unpaired) electrons. The molecular formula is C19H22F3IN4OS. The van der Waals surface area contributed by atoms with Crippen LogP contribution in [0.15, 0.2) is 45.1 Å². The summed E-state index contributed by atoms with van der Waals surface area (Å²) in [5.74, 6) is 1.50. The Morgan fingerprint density at radius 3 is 2.69 bits per heavy atom. The van der Waals surface area contributed by atoms with E-state index in [-0.39, 0.29) is 24.0 Å². The standard InChI is InChI=1S/C19H21F3N4OS.HI/c1-2-23-18(25-10-8-17-26-16(12-28-17)19(20,21)22)24-9-7-14-11-13-5-3-4-6-15(13)27-14;/h3-6,11-12H,2,7-10H2,1H3,(H2,23,24,25);1H. The van der Waals surface area contributed by atoms with Gasteiger partial charge in [-0.05, 0) is 19.1 Å². The highest BCUT2D eigenvalue weighted by molar-refractivity contribution is 14.0. The van der Waals surface area contributed by atoms with Gasteiger partial charge in [-0.1, -0.05) is 18.2 Å². The highest BCUT2D eigenvalue weighted by Gasteiger charge is 2.33. The second-order valence-electron chi connectivity index (χ2n) is 6.06. The van der Waals surface area contributed by atoms with Crippen molar-refractivity contribution in [3.05, 3.63) is 52.2 Å². The van der Waals surface area contributed by atoms with E-state index in [9.17, 15) is 13.2 Å². The van der Waals surface area contributed by atoms with E-state index in [4.69, 9.17) is 4.42 Å². The third kappa shape index (κ3) is 6.88. The van der Waals surface area contributed by atoms with Crippen molar-refractivity contribution in [1.29, 1.82) is 0 Å². The average molecular weight is 538 g/mol. The molecule has 10 heteroatoms. The predicted molar refractivity (Wildman–Crippen MR) is 120 cm³/mol. The third-order valence-corrected chi connectivity index (χ3v) is 4.83. The SMILES string of the molecule is CCNC(=NCCc1nc(C(F)(F)F)cs1)NCCc1cc2ccccc2o1.I. The van der Waals surface area contributed by atoms with E-state index < -0.39 is 11.9 Å². The molecule has 5 nitrogen and oxygen atoms in total. The van der Waals surface area contributed by atoms with Gasteiger partial charge < -0.3 is 15.1 Å². The Balaban J connectivity index is 0.00000300. The molecule has 0 fully saturated rings. The lowest BCUT2D eigenvalue weighted by atomic mass is 10.2. The van der Waals surface area contributed by atoms with Crippen LogP contribution in [-0.2, 0) is 19.0 Å². The number of benzene rings is 1. The molecule has 158 valence electrons. The second-order valence-corrected chi connectivity index (χ2v) is 7.00. The van der Waals surface area contributed by atoms with Gasteiger partial charge in [0.1, 0.15) is 11.3 Å². The molecule has 0 unspecified atom stereocenters. The lowest BCUT2D eigenvalue weighted by molar-refractivity contribution is -0.140. The number of fused-ring (bicyclic) bond motifs is 1. The summed E-state index contributed by atoms with van der Waals surface area (Å²) in [5, 5.41) is 8.87. The molecule has 0 bridgehead atoms. The molecule has 0 aliphatic heterocycles. The number of aromatic nitrogens is 1. The van der Waals surface area contributed by atoms with Crippen molar-refractivity contribution in [3.63, 3.8) is 0 Å². The summed E-state index contributed by atoms with van der Waals surface area (Å²) in [6.07, 6.45) is -3.34. The molecular weight excluding hydrogens is 516 g/mol. The van der Waals surface area contributed by atoms with Gasteiger partial charge in [-0.15, -0.1) is 35.3 Å². The van der Waals surface area contributed by atoms with Crippen LogP contribution >= 0.6 is 35.3 Å². The maximum Gasteiger partial charge on any atom is 0.434 e. The molecule has 2 aromatic heterocycles. The van der Waals surface area contributed by atoms with Crippen LogP contribution < -0.4 is 10.6 Å². The first-order chi connectivity index (χ1) is 13.5. The molecule has 2 N–H and O–H groups in total. The van der Waals surface area contributed by atoms with Crippen molar-refractivity contribution in [2.45, 2.75) is 25.9 Å². The quantitative estimate of drug-likeness (QED) is 0.256. The first kappa shape index (κ1) is 23.5. The number of hydrogen-bond donors (Lipinski definition) is 2. The molecule has 0 spiro atoms. The molecule has 29 heavy (non-hydrogen) atoms. The van der Waals surface area contributed by atoms with E-state index >= 15 is 0 Å². The number of nitrogens with one attached hydrogen (secondary N) is 2. The minimum absolute atomic E-state index is 0. The summed E-state index contributed by atoms with van der Waals surface area (Å²) >= 11 is 1.00. The minimum Gasteiger partial charge on any atom is -0.461 e. The maximum absolute atomic E-state index is 12.6. The molecule has 0 amide bonds. The van der Waals surface area contributed by atoms with Crippen molar-refractivity contribution < 1.29 is 17.6 Å². The van der Waals surface area contributed by atoms with Crippen molar-refractivity contribution in [2.75, 3.05) is 19.6 Å². The van der Waals surface area contributed by atoms with Gasteiger partial charge in [0.2, 0.25) is 0 Å². The van der Waals surface area contributed by atoms with E-state index in [0.29, 0.717) is 43.4 Å². The van der Waals surface area contributed by atoms with Gasteiger partial charge in [0, 0.05) is 43.2 Å². The van der Waals surface area contributed by atoms with Crippen LogP contribution in [0.4, 0.5) is 13.2 Å². The van der Waals surface area contributed by atoms with Crippen LogP contribution in [0.2, 0.25) is 0 Å². The number of rotatable bonds is 7. The van der Waals surface area contributed by atoms with Gasteiger partial charge in [-0.2, -0.15) is 13.2 Å². The van der Waals surface area contributed by atoms with Crippen molar-refractivity contribution >= 4 is 52.2 Å². The molecule has 0 saturated carbocycles. The Morgan fingerprint density at radius 2 is 2.00 bits per heavy atom. The Kier molecular flexibility index (Phi) is 8.75. The van der Waals surface area contributed by atoms with Crippen LogP contribution in [0.1, 0.15) is 23.4 Å². The summed E-state index contributed by atoms with van der Waals surface area (Å²) in [5.41, 5.74) is 0.0205. The smallest absolute Gasteiger partial charge is 0.434 e. The van der Waals surface area contributed by atoms with Crippen LogP contribution in [0.3, 0.4) is 0 Å². The van der Waals surface area contributed by atoms with Crippen molar-refractivity contribution in [3.8, 4) is 0 Å². The van der Waals surface area contributed by atoms with E-state index in [1.54, 1.807) is 0 Å². The molecule has 2 heterocycles. The van der Waals surface area contributed by atoms with E-state index in [2.05, 4.69) is 20.6 Å². The van der Waals surface area contributed by atoms with E-state index in [1.807, 2.05) is 37.3 Å². The fourth-order valence-electron chi connectivity index (χ4n) is 2.63. The second kappa shape index (κ2) is 10.8. The average Bonchev–Trinajstić information content (AvgIpc) is 3.28. The third-order valence-electron chi connectivity index (χ3n) is 3.92. The summed E-state index contributed by atoms with van der Waals surface area (Å²) in [6, 6.07) is 9.85. The first-order valence-electron chi connectivity index (χ1n) is 8.97. The fraction of sp³-hybridized carbons (Fsp3) is 0.368. The monoisotopic (exact) mass is 538 g/mol. The summed E-state index contributed by atoms with van der Waals surface area (Å²) in [6.45, 7) is 3.62. The highest BCUT2D eigenvalue weighted by atomic mass is 127. The number of para-hydroxylation sites is 1. The molecule has 3 aromatic rings. The number of thiazole rings is 1.